The van der Waals surface area contributed by atoms with E-state index >= 15 is 0 Å². The van der Waals surface area contributed by atoms with E-state index in [2.05, 4.69) is 189 Å². The summed E-state index contributed by atoms with van der Waals surface area (Å²) in [6, 6.07) is 21.8. The molecule has 13 heteroatoms. The first kappa shape index (κ1) is 116. The molecule has 24 bridgehead atoms. The van der Waals surface area contributed by atoms with E-state index in [1.165, 1.54) is 210 Å². The summed E-state index contributed by atoms with van der Waals surface area (Å²) < 4.78 is 32.9. The summed E-state index contributed by atoms with van der Waals surface area (Å²) in [5, 5.41) is 6.11. The van der Waals surface area contributed by atoms with Gasteiger partial charge in [0.2, 0.25) is 11.8 Å². The fourth-order valence-electron chi connectivity index (χ4n) is 37.3. The molecule has 0 radical (unpaired) electrons. The predicted molar refractivity (Wildman–Crippen MR) is 598 cm³/mol. The molecule has 2 N–H and O–H groups in total. The third kappa shape index (κ3) is 33.8. The summed E-state index contributed by atoms with van der Waals surface area (Å²) in [7, 11) is 0. The summed E-state index contributed by atoms with van der Waals surface area (Å²) in [4.78, 5) is 62.2. The smallest absolute Gasteiger partial charge is 0.220 e. The predicted octanol–water partition coefficient (Wildman–Crippen LogP) is 31.4. The second-order valence-corrected chi connectivity index (χ2v) is 62.0. The Morgan fingerprint density at radius 1 is 0.295 bits per heavy atom. The van der Waals surface area contributed by atoms with E-state index in [-0.39, 0.29) is 57.7 Å². The third-order valence-corrected chi connectivity index (χ3v) is 42.2. The maximum Gasteiger partial charge on any atom is 0.220 e. The second kappa shape index (κ2) is 50.1. The minimum atomic E-state index is -0.362. The Bertz CT molecular complexity index is 4170. The van der Waals surface area contributed by atoms with Gasteiger partial charge in [0.25, 0.3) is 0 Å². The van der Waals surface area contributed by atoms with Crippen LogP contribution >= 0.6 is 0 Å². The molecule has 2 amide bonds. The molecule has 24 aliphatic carbocycles. The number of benzene rings is 2. The lowest BCUT2D eigenvalue weighted by Crippen LogP contribution is -2.48. The Labute approximate surface area is 892 Å². The van der Waals surface area contributed by atoms with Crippen LogP contribution in [0.15, 0.2) is 60.7 Å². The zero-order valence-corrected chi connectivity index (χ0v) is 97.3. The van der Waals surface area contributed by atoms with Gasteiger partial charge in [-0.25, -0.2) is 0 Å². The van der Waals surface area contributed by atoms with Gasteiger partial charge < -0.3 is 39.1 Å². The minimum Gasteiger partial charge on any atom is -0.379 e. The molecule has 2 aromatic carbocycles. The fourth-order valence-corrected chi connectivity index (χ4v) is 37.3. The summed E-state index contributed by atoms with van der Waals surface area (Å²) in [6.07, 6.45) is 67.5. The summed E-state index contributed by atoms with van der Waals surface area (Å²) in [6.45, 7) is 51.1. The number of ketones is 3. The first-order chi connectivity index (χ1) is 69.0. The molecule has 24 fully saturated rings. The molecular weight excluding hydrogens is 1800 g/mol. The van der Waals surface area contributed by atoms with Gasteiger partial charge in [-0.1, -0.05) is 199 Å². The highest BCUT2D eigenvalue weighted by Crippen LogP contribution is 2.68. The third-order valence-electron chi connectivity index (χ3n) is 42.2. The van der Waals surface area contributed by atoms with E-state index in [9.17, 15) is 24.0 Å². The van der Waals surface area contributed by atoms with Gasteiger partial charge in [-0.05, 0) is 474 Å². The number of hydrogen-bond donors (Lipinski definition) is 2. The molecule has 0 aliphatic heterocycles. The number of ether oxygens (including phenoxy) is 6. The van der Waals surface area contributed by atoms with Crippen LogP contribution in [-0.4, -0.2) is 122 Å². The van der Waals surface area contributed by atoms with Gasteiger partial charge in [0.1, 0.15) is 18.2 Å². The van der Waals surface area contributed by atoms with Crippen molar-refractivity contribution in [3.63, 3.8) is 0 Å². The van der Waals surface area contributed by atoms with E-state index in [1.54, 1.807) is 77.0 Å². The molecule has 24 saturated carbocycles. The molecule has 26 rings (SSSR count). The zero-order valence-electron chi connectivity index (χ0n) is 97.3. The van der Waals surface area contributed by atoms with Gasteiger partial charge >= 0.3 is 0 Å². The fraction of sp³-hybridized carbons (Fsp3) is 0.872. The second-order valence-electron chi connectivity index (χ2n) is 62.0. The number of amides is 2. The van der Waals surface area contributed by atoms with Crippen LogP contribution in [0.1, 0.15) is 445 Å². The van der Waals surface area contributed by atoms with Crippen molar-refractivity contribution < 1.29 is 52.4 Å². The van der Waals surface area contributed by atoms with Crippen molar-refractivity contribution in [1.82, 2.24) is 10.6 Å². The van der Waals surface area contributed by atoms with Gasteiger partial charge in [-0.2, -0.15) is 0 Å². The molecule has 24 aliphatic rings. The van der Waals surface area contributed by atoms with Crippen LogP contribution in [0.3, 0.4) is 0 Å². The maximum absolute atomic E-state index is 13.2. The van der Waals surface area contributed by atoms with Crippen LogP contribution in [0.5, 0.6) is 0 Å². The Morgan fingerprint density at radius 2 is 0.562 bits per heavy atom. The molecule has 146 heavy (non-hydrogen) atoms. The number of carbonyl (C=O) groups excluding carboxylic acids is 5. The quantitative estimate of drug-likeness (QED) is 0.0607. The number of Topliss-reactive ketones (excluding diaryl/α,β-unsaturated/α-hetero) is 3. The number of carbonyl (C=O) groups is 5. The molecule has 13 nitrogen and oxygen atoms in total. The molecule has 826 valence electrons. The first-order valence-corrected chi connectivity index (χ1v) is 61.7. The highest BCUT2D eigenvalue weighted by molar-refractivity contribution is 5.87. The first-order valence-electron chi connectivity index (χ1n) is 61.7. The Kier molecular flexibility index (Phi) is 39.9. The molecule has 0 unspecified atom stereocenters. The van der Waals surface area contributed by atoms with Crippen LogP contribution < -0.4 is 10.6 Å². The SMILES string of the molecule is CC(C)(C)C(=O)COCCOCCOCCNC(=O)CC12CC3CC(CC(C3)C1)C2.CC(C)(C)C(=O)[C@@H](CCC12CC3CC(CC(C3)C1)C2)Cc1ccccc1.CC(C)(C)COCCOCCOCCNC(=O)CC12CC3CC(CC(C3)C1)C2.CC(C)(C)[C@@H](CCC12CC3CC(CC(C3)C1)C2)Cc1ccccc1.C[C@H](CCC12CC3CC(CC(C3)C1)C2)C(=O)C(C)(C)C.C[C@H](CCC12CC3CC(CC(C3)C1)C2)C(C)(C)C. The highest BCUT2D eigenvalue weighted by atomic mass is 16.5. The van der Waals surface area contributed by atoms with Crippen molar-refractivity contribution >= 4 is 29.2 Å². The molecule has 0 saturated heterocycles. The topological polar surface area (TPSA) is 165 Å². The van der Waals surface area contributed by atoms with Gasteiger partial charge in [0.15, 0.2) is 5.78 Å². The highest BCUT2D eigenvalue weighted by Gasteiger charge is 2.58. The van der Waals surface area contributed by atoms with Gasteiger partial charge in [-0.15, -0.1) is 0 Å². The number of nitrogens with one attached hydrogen (secondary N) is 2. The molecule has 0 spiro atoms. The number of hydrogen-bond acceptors (Lipinski definition) is 11. The lowest BCUT2D eigenvalue weighted by atomic mass is 9.48. The summed E-state index contributed by atoms with van der Waals surface area (Å²) in [5.41, 5.74) is 6.59. The van der Waals surface area contributed by atoms with E-state index in [4.69, 9.17) is 28.4 Å². The van der Waals surface area contributed by atoms with Crippen LogP contribution in [0.4, 0.5) is 0 Å². The van der Waals surface area contributed by atoms with Crippen molar-refractivity contribution in [2.24, 2.45) is 195 Å². The maximum atomic E-state index is 13.2. The zero-order chi connectivity index (χ0) is 104. The van der Waals surface area contributed by atoms with Gasteiger partial charge in [0, 0.05) is 54.0 Å². The van der Waals surface area contributed by atoms with Crippen molar-refractivity contribution in [2.75, 3.05) is 92.4 Å². The largest absolute Gasteiger partial charge is 0.379 e. The Morgan fingerprint density at radius 3 is 0.849 bits per heavy atom. The van der Waals surface area contributed by atoms with E-state index < -0.39 is 0 Å². The Hall–Kier alpha value is -3.85. The molecule has 2 aromatic rings. The van der Waals surface area contributed by atoms with Gasteiger partial charge in [0.05, 0.1) is 72.7 Å². The van der Waals surface area contributed by atoms with Crippen LogP contribution in [-0.2, 0) is 65.2 Å². The summed E-state index contributed by atoms with van der Waals surface area (Å²) in [5.74, 6) is 21.7. The normalized spacial score (nSPS) is 35.2. The van der Waals surface area contributed by atoms with Crippen LogP contribution in [0, 0.1) is 195 Å². The molecule has 4 atom stereocenters. The van der Waals surface area contributed by atoms with Crippen LogP contribution in [0.2, 0.25) is 0 Å². The van der Waals surface area contributed by atoms with Gasteiger partial charge in [-0.3, -0.25) is 24.0 Å². The molecular formula is C133H218N2O11. The molecule has 0 aromatic heterocycles. The standard InChI is InChI=1S/C25H36O.C24H41NO5.C24H36.C23H41NO4.C19H32O.C18H32/c1-24(2,3)23(26)22(14-18-7-5-4-6-8-18)9-10-25-15-19-11-20(16-25)13-21(12-19)17-25;1-23(2,3)21(26)17-30-9-8-29-7-6-28-5-4-25-22(27)16-24-13-18-10-19(14-24)12-20(11-18)15-24;1-23(2,3)22(14-18-7-5-4-6-8-18)9-10-24-15-19-11-20(16-24)13-21(12-19)17-24;1-22(2,3)17-28-9-8-27-7-6-26-5-4-24-21(25)16-23-13-18-10-19(14-23)12-20(11-18)15-23;1-13(17(20)18(2,3)4)5-6-19-10-14-7-15(11-19)9-16(8-14)12-19;1-13(17(2,3)4)5-6-18-10-14-7-15(11-18)9-16(8-14)12-18/h4-8,19-22H,9-17H2,1-3H3;18-20H,4-17H2,1-3H3,(H,25,27);4-8,19-22H,9-17H2,1-3H3;18-20H,4-17H2,1-3H3,(H,24,25);13-16H,5-12H2,1-4H3;13-16H,5-12H2,1-4H3/t19?,20?,21?,22-,25?;;19?,20?,21?,22-,24?;;13-,14?,15?,16?,19?;13-,14?,15?,16?,18?/m0.0.11/s1. The van der Waals surface area contributed by atoms with E-state index in [1.807, 2.05) is 20.8 Å². The van der Waals surface area contributed by atoms with Crippen molar-refractivity contribution in [2.45, 2.75) is 447 Å². The number of rotatable bonds is 43. The lowest BCUT2D eigenvalue weighted by molar-refractivity contribution is -0.132. The average Bonchev–Trinajstić information content (AvgIpc) is 0.764. The van der Waals surface area contributed by atoms with E-state index in [0.717, 1.165) is 161 Å². The van der Waals surface area contributed by atoms with Crippen LogP contribution in [0.25, 0.3) is 0 Å². The van der Waals surface area contributed by atoms with E-state index in [0.29, 0.717) is 130 Å². The summed E-state index contributed by atoms with van der Waals surface area (Å²) >= 11 is 0. The Balaban J connectivity index is 0.000000132. The van der Waals surface area contributed by atoms with Crippen molar-refractivity contribution in [1.29, 1.82) is 0 Å². The van der Waals surface area contributed by atoms with Crippen molar-refractivity contribution in [3.05, 3.63) is 71.8 Å². The average molecular weight is 2020 g/mol. The van der Waals surface area contributed by atoms with Crippen molar-refractivity contribution in [3.8, 4) is 0 Å². The monoisotopic (exact) mass is 2020 g/mol. The minimum absolute atomic E-state index is 0.0936. The lowest BCUT2D eigenvalue weighted by Gasteiger charge is -2.57. The molecule has 0 heterocycles.